The number of carbonyl (C=O) groups excluding carboxylic acids is 1. The highest BCUT2D eigenvalue weighted by molar-refractivity contribution is 7.16. The minimum absolute atomic E-state index is 0.560. The molecule has 1 aromatic rings. The molecule has 23 heavy (non-hydrogen) atoms. The highest BCUT2D eigenvalue weighted by atomic mass is 35.5. The summed E-state index contributed by atoms with van der Waals surface area (Å²) in [6, 6.07) is 3.30. The maximum absolute atomic E-state index is 12.1. The van der Waals surface area contributed by atoms with Crippen molar-refractivity contribution in [3.63, 3.8) is 0 Å². The Bertz CT molecular complexity index is 530. The van der Waals surface area contributed by atoms with Gasteiger partial charge in [0.1, 0.15) is 6.54 Å². The second-order valence-electron chi connectivity index (χ2n) is 5.53. The summed E-state index contributed by atoms with van der Waals surface area (Å²) < 4.78 is 37.2. The van der Waals surface area contributed by atoms with Crippen molar-refractivity contribution in [2.45, 2.75) is 25.7 Å². The standard InChI is InChI=1S/C14H19ClF3N3OS/c1-10(13(22)19-9-14(16,17)18)21-6-4-20(5-7-21)8-11-2-3-12(15)23-11/h2-3,10H,4-9H2,1H3,(H,19,22)/t10-/m0/s1. The number of hydrogen-bond acceptors (Lipinski definition) is 4. The van der Waals surface area contributed by atoms with Gasteiger partial charge in [0, 0.05) is 37.6 Å². The normalized spacial score (nSPS) is 18.8. The van der Waals surface area contributed by atoms with Crippen LogP contribution in [0, 0.1) is 0 Å². The molecule has 0 saturated carbocycles. The largest absolute Gasteiger partial charge is 0.405 e. The molecule has 1 fully saturated rings. The Hall–Kier alpha value is -0.830. The molecule has 4 nitrogen and oxygen atoms in total. The van der Waals surface area contributed by atoms with E-state index >= 15 is 0 Å². The fourth-order valence-corrected chi connectivity index (χ4v) is 3.60. The molecule has 2 heterocycles. The molecule has 1 aliphatic heterocycles. The van der Waals surface area contributed by atoms with E-state index in [0.717, 1.165) is 24.0 Å². The summed E-state index contributed by atoms with van der Waals surface area (Å²) >= 11 is 7.45. The average Bonchev–Trinajstić information content (AvgIpc) is 2.89. The molecule has 9 heteroatoms. The Morgan fingerprint density at radius 1 is 1.35 bits per heavy atom. The molecule has 1 N–H and O–H groups in total. The molecule has 0 aliphatic carbocycles. The van der Waals surface area contributed by atoms with Crippen LogP contribution >= 0.6 is 22.9 Å². The molecule has 2 rings (SSSR count). The Morgan fingerprint density at radius 2 is 2.00 bits per heavy atom. The molecule has 0 radical (unpaired) electrons. The van der Waals surface area contributed by atoms with Crippen molar-refractivity contribution >= 4 is 28.8 Å². The Balaban J connectivity index is 1.75. The van der Waals surface area contributed by atoms with Gasteiger partial charge in [-0.15, -0.1) is 11.3 Å². The number of alkyl halides is 3. The lowest BCUT2D eigenvalue weighted by Crippen LogP contribution is -2.54. The molecule has 1 atom stereocenters. The predicted molar refractivity (Wildman–Crippen MR) is 84.7 cm³/mol. The van der Waals surface area contributed by atoms with Crippen LogP contribution in [0.1, 0.15) is 11.8 Å². The summed E-state index contributed by atoms with van der Waals surface area (Å²) in [6.45, 7) is 4.01. The van der Waals surface area contributed by atoms with E-state index in [1.807, 2.05) is 22.3 Å². The molecule has 1 aliphatic rings. The summed E-state index contributed by atoms with van der Waals surface area (Å²) in [7, 11) is 0. The quantitative estimate of drug-likeness (QED) is 0.866. The van der Waals surface area contributed by atoms with Crippen molar-refractivity contribution in [2.24, 2.45) is 0 Å². The highest BCUT2D eigenvalue weighted by Crippen LogP contribution is 2.23. The summed E-state index contributed by atoms with van der Waals surface area (Å²) in [5.41, 5.74) is 0. The zero-order valence-electron chi connectivity index (χ0n) is 12.7. The number of thiophene rings is 1. The Morgan fingerprint density at radius 3 is 2.52 bits per heavy atom. The molecule has 0 unspecified atom stereocenters. The van der Waals surface area contributed by atoms with Gasteiger partial charge in [-0.1, -0.05) is 11.6 Å². The molecule has 130 valence electrons. The lowest BCUT2D eigenvalue weighted by Gasteiger charge is -2.37. The van der Waals surface area contributed by atoms with Crippen molar-refractivity contribution in [3.8, 4) is 0 Å². The summed E-state index contributed by atoms with van der Waals surface area (Å²) in [4.78, 5) is 17.1. The predicted octanol–water partition coefficient (Wildman–Crippen LogP) is 2.59. The minimum Gasteiger partial charge on any atom is -0.346 e. The van der Waals surface area contributed by atoms with Gasteiger partial charge >= 0.3 is 6.18 Å². The fourth-order valence-electron chi connectivity index (χ4n) is 2.47. The van der Waals surface area contributed by atoms with Gasteiger partial charge in [0.15, 0.2) is 0 Å². The Labute approximate surface area is 142 Å². The van der Waals surface area contributed by atoms with Crippen molar-refractivity contribution < 1.29 is 18.0 Å². The van der Waals surface area contributed by atoms with E-state index in [9.17, 15) is 18.0 Å². The second-order valence-corrected chi connectivity index (χ2v) is 7.33. The number of halogens is 4. The van der Waals surface area contributed by atoms with E-state index in [1.165, 1.54) is 4.88 Å². The smallest absolute Gasteiger partial charge is 0.346 e. The molecular formula is C14H19ClF3N3OS. The molecule has 1 aromatic heterocycles. The van der Waals surface area contributed by atoms with Gasteiger partial charge in [0.25, 0.3) is 0 Å². The number of rotatable bonds is 5. The van der Waals surface area contributed by atoms with E-state index in [-0.39, 0.29) is 0 Å². The maximum atomic E-state index is 12.1. The van der Waals surface area contributed by atoms with Crippen LogP contribution < -0.4 is 5.32 Å². The van der Waals surface area contributed by atoms with E-state index in [2.05, 4.69) is 4.90 Å². The van der Waals surface area contributed by atoms with E-state index in [1.54, 1.807) is 18.3 Å². The van der Waals surface area contributed by atoms with Gasteiger partial charge < -0.3 is 5.32 Å². The summed E-state index contributed by atoms with van der Waals surface area (Å²) in [5, 5.41) is 1.94. The lowest BCUT2D eigenvalue weighted by atomic mass is 10.2. The third-order valence-electron chi connectivity index (χ3n) is 3.81. The molecule has 0 spiro atoms. The Kier molecular flexibility index (Phi) is 6.30. The lowest BCUT2D eigenvalue weighted by molar-refractivity contribution is -0.141. The third-order valence-corrected chi connectivity index (χ3v) is 5.02. The fraction of sp³-hybridized carbons (Fsp3) is 0.643. The first-order valence-corrected chi connectivity index (χ1v) is 8.49. The van der Waals surface area contributed by atoms with Crippen LogP contribution in [0.5, 0.6) is 0 Å². The average molecular weight is 370 g/mol. The zero-order chi connectivity index (χ0) is 17.0. The van der Waals surface area contributed by atoms with Crippen LogP contribution in [0.3, 0.4) is 0 Å². The third kappa shape index (κ3) is 5.95. The summed E-state index contributed by atoms with van der Waals surface area (Å²) in [5.74, 6) is -0.583. The van der Waals surface area contributed by atoms with Gasteiger partial charge in [-0.3, -0.25) is 14.6 Å². The maximum Gasteiger partial charge on any atom is 0.405 e. The molecule has 1 amide bonds. The van der Waals surface area contributed by atoms with Gasteiger partial charge in [-0.25, -0.2) is 0 Å². The monoisotopic (exact) mass is 369 g/mol. The first-order valence-electron chi connectivity index (χ1n) is 7.30. The van der Waals surface area contributed by atoms with E-state index in [4.69, 9.17) is 11.6 Å². The zero-order valence-corrected chi connectivity index (χ0v) is 14.3. The van der Waals surface area contributed by atoms with Gasteiger partial charge in [-0.05, 0) is 19.1 Å². The van der Waals surface area contributed by atoms with Crippen molar-refractivity contribution in [1.29, 1.82) is 0 Å². The van der Waals surface area contributed by atoms with Gasteiger partial charge in [0.05, 0.1) is 10.4 Å². The van der Waals surface area contributed by atoms with Crippen molar-refractivity contribution in [1.82, 2.24) is 15.1 Å². The number of hydrogen-bond donors (Lipinski definition) is 1. The molecule has 0 bridgehead atoms. The van der Waals surface area contributed by atoms with Crippen LogP contribution in [0.25, 0.3) is 0 Å². The number of amides is 1. The van der Waals surface area contributed by atoms with Crippen LogP contribution in [-0.4, -0.2) is 60.6 Å². The summed E-state index contributed by atoms with van der Waals surface area (Å²) in [6.07, 6.45) is -4.38. The van der Waals surface area contributed by atoms with E-state index < -0.39 is 24.7 Å². The van der Waals surface area contributed by atoms with Crippen LogP contribution in [0.4, 0.5) is 13.2 Å². The van der Waals surface area contributed by atoms with Gasteiger partial charge in [0.2, 0.25) is 5.91 Å². The number of nitrogens with one attached hydrogen (secondary N) is 1. The molecule has 1 saturated heterocycles. The minimum atomic E-state index is -4.38. The second kappa shape index (κ2) is 7.83. The number of carbonyl (C=O) groups is 1. The molecular weight excluding hydrogens is 351 g/mol. The molecule has 0 aromatic carbocycles. The highest BCUT2D eigenvalue weighted by Gasteiger charge is 2.31. The topological polar surface area (TPSA) is 35.6 Å². The SMILES string of the molecule is C[C@@H](C(=O)NCC(F)(F)F)N1CCN(Cc2ccc(Cl)s2)CC1. The first kappa shape index (κ1) is 18.5. The van der Waals surface area contributed by atoms with Crippen molar-refractivity contribution in [2.75, 3.05) is 32.7 Å². The van der Waals surface area contributed by atoms with Crippen LogP contribution in [-0.2, 0) is 11.3 Å². The first-order chi connectivity index (χ1) is 10.7. The van der Waals surface area contributed by atoms with Crippen LogP contribution in [0.15, 0.2) is 12.1 Å². The number of piperazine rings is 1. The van der Waals surface area contributed by atoms with Crippen molar-refractivity contribution in [3.05, 3.63) is 21.3 Å². The van der Waals surface area contributed by atoms with Crippen LogP contribution in [0.2, 0.25) is 4.34 Å². The van der Waals surface area contributed by atoms with E-state index in [0.29, 0.717) is 13.1 Å². The number of nitrogens with zero attached hydrogens (tertiary/aromatic N) is 2. The van der Waals surface area contributed by atoms with Gasteiger partial charge in [-0.2, -0.15) is 13.2 Å².